The molecule has 0 spiro atoms. The van der Waals surface area contributed by atoms with Crippen LogP contribution in [0.1, 0.15) is 17.2 Å². The van der Waals surface area contributed by atoms with Crippen molar-refractivity contribution >= 4 is 0 Å². The maximum absolute atomic E-state index is 15.6. The fraction of sp³-hybridized carbons (Fsp3) is 0.174. The van der Waals surface area contributed by atoms with Gasteiger partial charge in [-0.3, -0.25) is 9.67 Å². The van der Waals surface area contributed by atoms with Crippen LogP contribution in [0.4, 0.5) is 30.7 Å². The van der Waals surface area contributed by atoms with E-state index in [1.54, 1.807) is 0 Å². The molecule has 2 heterocycles. The van der Waals surface area contributed by atoms with E-state index < -0.39 is 53.4 Å². The summed E-state index contributed by atoms with van der Waals surface area (Å²) in [4.78, 5) is 7.53. The second-order valence-corrected chi connectivity index (χ2v) is 7.46. The van der Waals surface area contributed by atoms with E-state index in [4.69, 9.17) is 0 Å². The summed E-state index contributed by atoms with van der Waals surface area (Å²) in [7, 11) is 0. The van der Waals surface area contributed by atoms with Gasteiger partial charge in [-0.2, -0.15) is 13.9 Å². The van der Waals surface area contributed by atoms with Crippen LogP contribution >= 0.6 is 0 Å². The van der Waals surface area contributed by atoms with E-state index in [1.807, 2.05) is 0 Å². The second kappa shape index (κ2) is 9.35. The molecule has 0 saturated carbocycles. The predicted molar refractivity (Wildman–Crippen MR) is 109 cm³/mol. The predicted octanol–water partition coefficient (Wildman–Crippen LogP) is 6.09. The van der Waals surface area contributed by atoms with Gasteiger partial charge in [0.25, 0.3) is 5.92 Å². The largest absolute Gasteiger partial charge is 0.573 e. The highest BCUT2D eigenvalue weighted by Gasteiger charge is 2.45. The Morgan fingerprint density at radius 3 is 2.17 bits per heavy atom. The van der Waals surface area contributed by atoms with E-state index in [-0.39, 0.29) is 0 Å². The summed E-state index contributed by atoms with van der Waals surface area (Å²) in [6.07, 6.45) is -1.40. The van der Waals surface area contributed by atoms with Crippen LogP contribution in [0.2, 0.25) is 0 Å². The number of halogens is 7. The zero-order valence-corrected chi connectivity index (χ0v) is 17.6. The lowest BCUT2D eigenvalue weighted by molar-refractivity contribution is -0.274. The van der Waals surface area contributed by atoms with E-state index in [2.05, 4.69) is 19.8 Å². The number of aromatic nitrogens is 4. The fourth-order valence-electron chi connectivity index (χ4n) is 3.50. The molecule has 4 aromatic rings. The summed E-state index contributed by atoms with van der Waals surface area (Å²) in [6.45, 7) is -0.473. The Labute approximate surface area is 193 Å². The maximum atomic E-state index is 15.6. The molecule has 0 bridgehead atoms. The minimum Gasteiger partial charge on any atom is -0.406 e. The van der Waals surface area contributed by atoms with Crippen molar-refractivity contribution < 1.29 is 35.5 Å². The Bertz CT molecular complexity index is 1270. The van der Waals surface area contributed by atoms with Crippen molar-refractivity contribution in [2.75, 3.05) is 0 Å². The molecule has 35 heavy (non-hydrogen) atoms. The van der Waals surface area contributed by atoms with Crippen LogP contribution < -0.4 is 4.74 Å². The van der Waals surface area contributed by atoms with Crippen molar-refractivity contribution in [3.63, 3.8) is 0 Å². The molecule has 182 valence electrons. The first-order chi connectivity index (χ1) is 16.5. The molecule has 12 heteroatoms. The van der Waals surface area contributed by atoms with E-state index >= 15 is 8.78 Å². The SMILES string of the molecule is Fc1ccc(C(Cn2cncn2)C(F)(F)c2ccc(-c3ccc(OC(F)(F)F)cc3)cn2)c(F)c1. The van der Waals surface area contributed by atoms with Gasteiger partial charge in [-0.1, -0.05) is 24.3 Å². The lowest BCUT2D eigenvalue weighted by atomic mass is 9.89. The maximum Gasteiger partial charge on any atom is 0.573 e. The smallest absolute Gasteiger partial charge is 0.406 e. The van der Waals surface area contributed by atoms with Gasteiger partial charge in [-0.05, 0) is 35.4 Å². The Morgan fingerprint density at radius 2 is 1.60 bits per heavy atom. The molecule has 1 atom stereocenters. The molecular weight excluding hydrogens is 481 g/mol. The fourth-order valence-corrected chi connectivity index (χ4v) is 3.50. The Kier molecular flexibility index (Phi) is 6.46. The molecule has 0 aliphatic heterocycles. The van der Waals surface area contributed by atoms with Crippen LogP contribution in [0, 0.1) is 11.6 Å². The molecule has 4 rings (SSSR count). The summed E-state index contributed by atoms with van der Waals surface area (Å²) in [6, 6.07) is 9.48. The highest BCUT2D eigenvalue weighted by molar-refractivity contribution is 5.63. The number of nitrogens with zero attached hydrogens (tertiary/aromatic N) is 4. The quantitative estimate of drug-likeness (QED) is 0.291. The summed E-state index contributed by atoms with van der Waals surface area (Å²) in [5.41, 5.74) is -0.361. The second-order valence-electron chi connectivity index (χ2n) is 7.46. The lowest BCUT2D eigenvalue weighted by Gasteiger charge is -2.27. The molecule has 0 amide bonds. The van der Waals surface area contributed by atoms with Gasteiger partial charge in [0.05, 0.1) is 12.5 Å². The minimum atomic E-state index is -4.84. The lowest BCUT2D eigenvalue weighted by Crippen LogP contribution is -2.30. The molecule has 0 aliphatic rings. The third-order valence-corrected chi connectivity index (χ3v) is 5.14. The average Bonchev–Trinajstić information content (AvgIpc) is 3.31. The van der Waals surface area contributed by atoms with Gasteiger partial charge in [-0.25, -0.2) is 13.8 Å². The molecule has 0 fully saturated rings. The van der Waals surface area contributed by atoms with Crippen LogP contribution in [0.15, 0.2) is 73.4 Å². The number of hydrogen-bond donors (Lipinski definition) is 0. The molecule has 0 N–H and O–H groups in total. The van der Waals surface area contributed by atoms with Gasteiger partial charge in [0.2, 0.25) is 0 Å². The highest BCUT2D eigenvalue weighted by Crippen LogP contribution is 2.43. The Hall–Kier alpha value is -3.96. The Balaban J connectivity index is 1.63. The number of pyridine rings is 1. The van der Waals surface area contributed by atoms with Crippen molar-refractivity contribution in [2.45, 2.75) is 24.7 Å². The van der Waals surface area contributed by atoms with Crippen molar-refractivity contribution in [2.24, 2.45) is 0 Å². The molecule has 5 nitrogen and oxygen atoms in total. The molecule has 0 radical (unpaired) electrons. The number of ether oxygens (including phenoxy) is 1. The van der Waals surface area contributed by atoms with Crippen LogP contribution in [0.25, 0.3) is 11.1 Å². The summed E-state index contributed by atoms with van der Waals surface area (Å²) in [5.74, 6) is -8.01. The summed E-state index contributed by atoms with van der Waals surface area (Å²) < 4.78 is 101. The van der Waals surface area contributed by atoms with Crippen LogP contribution in [-0.4, -0.2) is 26.1 Å². The summed E-state index contributed by atoms with van der Waals surface area (Å²) >= 11 is 0. The first-order valence-electron chi connectivity index (χ1n) is 10.0. The zero-order valence-electron chi connectivity index (χ0n) is 17.6. The van der Waals surface area contributed by atoms with Gasteiger partial charge in [0.15, 0.2) is 0 Å². The van der Waals surface area contributed by atoms with Gasteiger partial charge in [0.1, 0.15) is 35.7 Å². The minimum absolute atomic E-state index is 0.351. The standard InChI is InChI=1S/C23H15F7N4O/c24-16-4-7-18(20(25)9-16)19(11-34-13-31-12-33-34)22(26,27)21-8-3-15(10-32-21)14-1-5-17(6-2-14)35-23(28,29)30/h1-10,12-13,19H,11H2. The number of alkyl halides is 5. The third-order valence-electron chi connectivity index (χ3n) is 5.14. The van der Waals surface area contributed by atoms with Gasteiger partial charge >= 0.3 is 6.36 Å². The van der Waals surface area contributed by atoms with Crippen molar-refractivity contribution in [1.29, 1.82) is 0 Å². The average molecular weight is 496 g/mol. The van der Waals surface area contributed by atoms with Gasteiger partial charge in [0, 0.05) is 17.8 Å². The monoisotopic (exact) mass is 496 g/mol. The molecule has 1 unspecified atom stereocenters. The molecule has 2 aromatic heterocycles. The number of benzene rings is 2. The molecular formula is C23H15F7N4O. The number of rotatable bonds is 7. The summed E-state index contributed by atoms with van der Waals surface area (Å²) in [5, 5.41) is 3.79. The first-order valence-corrected chi connectivity index (χ1v) is 10.0. The van der Waals surface area contributed by atoms with Gasteiger partial charge < -0.3 is 4.74 Å². The Morgan fingerprint density at radius 1 is 0.886 bits per heavy atom. The molecule has 0 saturated heterocycles. The first kappa shape index (κ1) is 24.2. The molecule has 0 aliphatic carbocycles. The van der Waals surface area contributed by atoms with E-state index in [0.717, 1.165) is 47.5 Å². The van der Waals surface area contributed by atoms with E-state index in [9.17, 15) is 22.0 Å². The van der Waals surface area contributed by atoms with Gasteiger partial charge in [-0.15, -0.1) is 13.2 Å². The van der Waals surface area contributed by atoms with Crippen molar-refractivity contribution in [1.82, 2.24) is 19.7 Å². The van der Waals surface area contributed by atoms with Crippen LogP contribution in [-0.2, 0) is 12.5 Å². The van der Waals surface area contributed by atoms with E-state index in [0.29, 0.717) is 17.2 Å². The molecule has 2 aromatic carbocycles. The third kappa shape index (κ3) is 5.58. The van der Waals surface area contributed by atoms with Crippen molar-refractivity contribution in [3.05, 3.63) is 96.3 Å². The zero-order chi connectivity index (χ0) is 25.2. The highest BCUT2D eigenvalue weighted by atomic mass is 19.4. The topological polar surface area (TPSA) is 52.8 Å². The van der Waals surface area contributed by atoms with Crippen LogP contribution in [0.3, 0.4) is 0 Å². The van der Waals surface area contributed by atoms with Crippen LogP contribution in [0.5, 0.6) is 5.75 Å². The van der Waals surface area contributed by atoms with E-state index in [1.165, 1.54) is 24.5 Å². The normalized spacial score (nSPS) is 13.0. The van der Waals surface area contributed by atoms with Crippen molar-refractivity contribution in [3.8, 4) is 16.9 Å². The number of hydrogen-bond acceptors (Lipinski definition) is 4.